The van der Waals surface area contributed by atoms with Crippen molar-refractivity contribution in [3.8, 4) is 0 Å². The van der Waals surface area contributed by atoms with E-state index in [0.717, 1.165) is 34.6 Å². The van der Waals surface area contributed by atoms with Gasteiger partial charge < -0.3 is 38.3 Å². The standard InChI is InChI=1S/C40H52O8S2/c1-36(2)45-33(27-42-24-30-16-9-6-10-17-30)39(47-36,28-43-25-31-18-11-7-12-19-31)40(29-44-26-32-20-13-8-14-21-32)35(46-37(3,4)48-40)34(41)38(5)49-22-15-23-50-38/h6-14,16-21,33-35,41H,15,22-29H2,1-5H3/t33-,34-,35+,39-,40+/m0/s1. The summed E-state index contributed by atoms with van der Waals surface area (Å²) in [6.07, 6.45) is -1.42. The van der Waals surface area contributed by atoms with Gasteiger partial charge in [0.25, 0.3) is 0 Å². The average molecular weight is 725 g/mol. The van der Waals surface area contributed by atoms with E-state index in [1.54, 1.807) is 23.5 Å². The molecule has 1 N–H and O–H groups in total. The fraction of sp³-hybridized carbons (Fsp3) is 0.550. The van der Waals surface area contributed by atoms with E-state index >= 15 is 0 Å². The third kappa shape index (κ3) is 8.46. The van der Waals surface area contributed by atoms with Crippen LogP contribution in [0, 0.1) is 0 Å². The molecule has 3 aliphatic rings. The molecule has 3 aromatic rings. The molecular weight excluding hydrogens is 673 g/mol. The summed E-state index contributed by atoms with van der Waals surface area (Å²) in [7, 11) is 0. The smallest absolute Gasteiger partial charge is 0.164 e. The molecule has 3 saturated heterocycles. The summed E-state index contributed by atoms with van der Waals surface area (Å²) in [5.41, 5.74) is 0.363. The largest absolute Gasteiger partial charge is 0.388 e. The molecule has 0 amide bonds. The van der Waals surface area contributed by atoms with Crippen LogP contribution in [0.2, 0.25) is 0 Å². The van der Waals surface area contributed by atoms with Crippen molar-refractivity contribution >= 4 is 23.5 Å². The molecule has 6 rings (SSSR count). The van der Waals surface area contributed by atoms with Crippen LogP contribution < -0.4 is 0 Å². The molecule has 0 radical (unpaired) electrons. The van der Waals surface area contributed by atoms with Crippen LogP contribution in [0.3, 0.4) is 0 Å². The van der Waals surface area contributed by atoms with Crippen molar-refractivity contribution in [2.75, 3.05) is 31.3 Å². The summed E-state index contributed by atoms with van der Waals surface area (Å²) < 4.78 is 47.0. The molecule has 3 aromatic carbocycles. The zero-order valence-corrected chi connectivity index (χ0v) is 31.5. The minimum atomic E-state index is -1.39. The lowest BCUT2D eigenvalue weighted by atomic mass is 9.73. The molecule has 0 saturated carbocycles. The van der Waals surface area contributed by atoms with Crippen molar-refractivity contribution in [2.24, 2.45) is 0 Å². The van der Waals surface area contributed by atoms with Crippen LogP contribution in [0.15, 0.2) is 91.0 Å². The van der Waals surface area contributed by atoms with Gasteiger partial charge in [-0.3, -0.25) is 0 Å². The summed E-state index contributed by atoms with van der Waals surface area (Å²) in [6, 6.07) is 30.1. The predicted molar refractivity (Wildman–Crippen MR) is 198 cm³/mol. The monoisotopic (exact) mass is 724 g/mol. The van der Waals surface area contributed by atoms with Crippen LogP contribution in [-0.4, -0.2) is 81.6 Å². The van der Waals surface area contributed by atoms with Crippen molar-refractivity contribution < 1.29 is 38.3 Å². The lowest BCUT2D eigenvalue weighted by molar-refractivity contribution is -0.275. The second-order valence-electron chi connectivity index (χ2n) is 14.4. The van der Waals surface area contributed by atoms with Gasteiger partial charge in [-0.2, -0.15) is 0 Å². The second-order valence-corrected chi connectivity index (χ2v) is 17.7. The van der Waals surface area contributed by atoms with Crippen molar-refractivity contribution in [3.05, 3.63) is 108 Å². The van der Waals surface area contributed by atoms with E-state index in [2.05, 4.69) is 6.92 Å². The SMILES string of the molecule is CC1(C)O[C@@H](COCc2ccccc2)[C@@](COCc2ccccc2)([C@]2(COCc3ccccc3)OC(C)(C)O[C@@H]2[C@H](O)C2(C)SCCCS2)O1. The first-order valence-corrected chi connectivity index (χ1v) is 19.5. The number of aliphatic hydroxyl groups excluding tert-OH is 1. The molecule has 5 atom stereocenters. The lowest BCUT2D eigenvalue weighted by Gasteiger charge is -2.51. The van der Waals surface area contributed by atoms with E-state index in [1.165, 1.54) is 0 Å². The maximum atomic E-state index is 12.6. The maximum Gasteiger partial charge on any atom is 0.164 e. The van der Waals surface area contributed by atoms with E-state index in [1.807, 2.05) is 119 Å². The highest BCUT2D eigenvalue weighted by atomic mass is 32.2. The van der Waals surface area contributed by atoms with Gasteiger partial charge in [0.2, 0.25) is 0 Å². The Kier molecular flexibility index (Phi) is 12.1. The van der Waals surface area contributed by atoms with Crippen molar-refractivity contribution in [1.82, 2.24) is 0 Å². The Morgan fingerprint density at radius 3 is 1.60 bits per heavy atom. The van der Waals surface area contributed by atoms with Crippen molar-refractivity contribution in [1.29, 1.82) is 0 Å². The zero-order valence-electron chi connectivity index (χ0n) is 29.9. The van der Waals surface area contributed by atoms with Gasteiger partial charge in [0.15, 0.2) is 22.8 Å². The summed E-state index contributed by atoms with van der Waals surface area (Å²) in [4.78, 5) is 0. The molecule has 50 heavy (non-hydrogen) atoms. The molecular formula is C40H52O8S2. The number of rotatable bonds is 15. The zero-order chi connectivity index (χ0) is 35.3. The third-order valence-corrected chi connectivity index (χ3v) is 12.8. The van der Waals surface area contributed by atoms with Gasteiger partial charge in [-0.15, -0.1) is 23.5 Å². The normalized spacial score (nSPS) is 29.2. The molecule has 10 heteroatoms. The highest BCUT2D eigenvalue weighted by Gasteiger charge is 2.75. The first-order valence-electron chi connectivity index (χ1n) is 17.5. The lowest BCUT2D eigenvalue weighted by Crippen LogP contribution is -2.73. The van der Waals surface area contributed by atoms with Gasteiger partial charge in [0.1, 0.15) is 18.3 Å². The van der Waals surface area contributed by atoms with Crippen LogP contribution in [0.1, 0.15) is 57.7 Å². The molecule has 0 unspecified atom stereocenters. The van der Waals surface area contributed by atoms with E-state index in [-0.39, 0.29) is 19.8 Å². The summed E-state index contributed by atoms with van der Waals surface area (Å²) in [5.74, 6) is -0.251. The van der Waals surface area contributed by atoms with Crippen LogP contribution in [0.25, 0.3) is 0 Å². The molecule has 3 heterocycles. The Morgan fingerprint density at radius 1 is 0.640 bits per heavy atom. The van der Waals surface area contributed by atoms with Crippen LogP contribution in [0.4, 0.5) is 0 Å². The predicted octanol–water partition coefficient (Wildman–Crippen LogP) is 7.36. The Labute approximate surface area is 305 Å². The highest BCUT2D eigenvalue weighted by molar-refractivity contribution is 8.18. The van der Waals surface area contributed by atoms with Crippen molar-refractivity contribution in [2.45, 2.75) is 106 Å². The Hall–Kier alpha value is -1.96. The van der Waals surface area contributed by atoms with E-state index in [9.17, 15) is 5.11 Å². The Morgan fingerprint density at radius 2 is 1.08 bits per heavy atom. The number of ether oxygens (including phenoxy) is 7. The molecule has 0 aromatic heterocycles. The number of hydrogen-bond acceptors (Lipinski definition) is 10. The Balaban J connectivity index is 1.42. The first kappa shape index (κ1) is 37.8. The number of benzene rings is 3. The van der Waals surface area contributed by atoms with Gasteiger partial charge in [-0.05, 0) is 69.2 Å². The number of aliphatic hydroxyl groups is 1. The van der Waals surface area contributed by atoms with E-state index in [4.69, 9.17) is 33.2 Å². The molecule has 0 spiro atoms. The van der Waals surface area contributed by atoms with E-state index < -0.39 is 45.2 Å². The molecule has 3 aliphatic heterocycles. The molecule has 8 nitrogen and oxygen atoms in total. The first-order chi connectivity index (χ1) is 24.0. The Bertz CT molecular complexity index is 1490. The second kappa shape index (κ2) is 16.0. The minimum absolute atomic E-state index is 0.0434. The topological polar surface area (TPSA) is 84.8 Å². The molecule has 272 valence electrons. The quantitative estimate of drug-likeness (QED) is 0.172. The molecule has 0 bridgehead atoms. The number of thioether (sulfide) groups is 2. The fourth-order valence-corrected chi connectivity index (χ4v) is 10.3. The van der Waals surface area contributed by atoms with Gasteiger partial charge >= 0.3 is 0 Å². The molecule has 0 aliphatic carbocycles. The highest BCUT2D eigenvalue weighted by Crippen LogP contribution is 2.57. The van der Waals surface area contributed by atoms with Gasteiger partial charge in [0, 0.05) is 0 Å². The fourth-order valence-electron chi connectivity index (χ4n) is 7.28. The van der Waals surface area contributed by atoms with Gasteiger partial charge in [-0.1, -0.05) is 91.0 Å². The van der Waals surface area contributed by atoms with Gasteiger partial charge in [0.05, 0.1) is 43.7 Å². The minimum Gasteiger partial charge on any atom is -0.388 e. The van der Waals surface area contributed by atoms with Crippen LogP contribution in [0.5, 0.6) is 0 Å². The maximum absolute atomic E-state index is 12.6. The summed E-state index contributed by atoms with van der Waals surface area (Å²) in [6.45, 7) is 11.0. The average Bonchev–Trinajstić information content (AvgIpc) is 3.55. The summed E-state index contributed by atoms with van der Waals surface area (Å²) in [5, 5.41) is 12.6. The molecule has 3 fully saturated rings. The van der Waals surface area contributed by atoms with Gasteiger partial charge in [-0.25, -0.2) is 0 Å². The van der Waals surface area contributed by atoms with Crippen LogP contribution >= 0.6 is 23.5 Å². The summed E-state index contributed by atoms with van der Waals surface area (Å²) >= 11 is 3.52. The van der Waals surface area contributed by atoms with Crippen LogP contribution in [-0.2, 0) is 53.0 Å². The number of hydrogen-bond donors (Lipinski definition) is 1. The third-order valence-electron chi connectivity index (χ3n) is 9.52. The van der Waals surface area contributed by atoms with E-state index in [0.29, 0.717) is 19.8 Å². The van der Waals surface area contributed by atoms with Crippen molar-refractivity contribution in [3.63, 3.8) is 0 Å².